The van der Waals surface area contributed by atoms with Crippen LogP contribution in [0.5, 0.6) is 0 Å². The van der Waals surface area contributed by atoms with Crippen LogP contribution in [0.1, 0.15) is 18.4 Å². The molecule has 118 valence electrons. The van der Waals surface area contributed by atoms with E-state index >= 15 is 0 Å². The van der Waals surface area contributed by atoms with Crippen molar-refractivity contribution >= 4 is 5.69 Å². The minimum absolute atomic E-state index is 0.174. The van der Waals surface area contributed by atoms with E-state index in [1.165, 1.54) is 5.56 Å². The zero-order valence-electron chi connectivity index (χ0n) is 13.4. The van der Waals surface area contributed by atoms with Crippen molar-refractivity contribution in [2.45, 2.75) is 19.3 Å². The van der Waals surface area contributed by atoms with Gasteiger partial charge in [-0.2, -0.15) is 5.26 Å². The molecule has 0 saturated carbocycles. The summed E-state index contributed by atoms with van der Waals surface area (Å²) in [5, 5.41) is 11.7. The van der Waals surface area contributed by atoms with Crippen LogP contribution >= 0.6 is 0 Å². The zero-order chi connectivity index (χ0) is 15.9. The van der Waals surface area contributed by atoms with Gasteiger partial charge in [-0.3, -0.25) is 0 Å². The summed E-state index contributed by atoms with van der Waals surface area (Å²) in [6.07, 6.45) is 3.05. The summed E-state index contributed by atoms with van der Waals surface area (Å²) in [6, 6.07) is 23.3. The summed E-state index contributed by atoms with van der Waals surface area (Å²) >= 11 is 0. The number of benzene rings is 2. The molecule has 2 atom stereocenters. The van der Waals surface area contributed by atoms with Crippen LogP contribution in [0.3, 0.4) is 0 Å². The molecule has 3 heteroatoms. The van der Waals surface area contributed by atoms with Gasteiger partial charge in [-0.25, -0.2) is 5.01 Å². The first kappa shape index (κ1) is 15.6. The third-order valence-electron chi connectivity index (χ3n) is 4.61. The molecule has 1 aliphatic rings. The fraction of sp³-hybridized carbons (Fsp3) is 0.350. The SMILES string of the molecule is N#CC1CCN(Nc2ccccc2)CC1CCc1ccccc1. The maximum Gasteiger partial charge on any atom is 0.0659 e. The molecule has 1 saturated heterocycles. The van der Waals surface area contributed by atoms with Gasteiger partial charge >= 0.3 is 0 Å². The van der Waals surface area contributed by atoms with E-state index in [1.54, 1.807) is 0 Å². The lowest BCUT2D eigenvalue weighted by Crippen LogP contribution is -2.43. The lowest BCUT2D eigenvalue weighted by Gasteiger charge is -2.36. The Morgan fingerprint density at radius 2 is 1.74 bits per heavy atom. The molecule has 0 bridgehead atoms. The summed E-state index contributed by atoms with van der Waals surface area (Å²) in [5.74, 6) is 0.595. The second-order valence-corrected chi connectivity index (χ2v) is 6.23. The Morgan fingerprint density at radius 1 is 1.04 bits per heavy atom. The number of anilines is 1. The fourth-order valence-corrected chi connectivity index (χ4v) is 3.29. The maximum atomic E-state index is 9.45. The lowest BCUT2D eigenvalue weighted by molar-refractivity contribution is 0.164. The number of nitrogens with zero attached hydrogens (tertiary/aromatic N) is 2. The van der Waals surface area contributed by atoms with Gasteiger partial charge in [0.2, 0.25) is 0 Å². The van der Waals surface area contributed by atoms with Crippen LogP contribution in [0, 0.1) is 23.2 Å². The molecule has 2 unspecified atom stereocenters. The highest BCUT2D eigenvalue weighted by molar-refractivity contribution is 5.41. The van der Waals surface area contributed by atoms with Crippen LogP contribution in [-0.4, -0.2) is 18.1 Å². The molecule has 2 aromatic rings. The Morgan fingerprint density at radius 3 is 2.43 bits per heavy atom. The Kier molecular flexibility index (Phi) is 5.29. The Balaban J connectivity index is 1.59. The van der Waals surface area contributed by atoms with Gasteiger partial charge in [0.25, 0.3) is 0 Å². The number of hydrazine groups is 1. The van der Waals surface area contributed by atoms with Gasteiger partial charge in [-0.15, -0.1) is 0 Å². The van der Waals surface area contributed by atoms with Gasteiger partial charge in [0, 0.05) is 18.8 Å². The quantitative estimate of drug-likeness (QED) is 0.903. The van der Waals surface area contributed by atoms with Crippen molar-refractivity contribution in [1.82, 2.24) is 5.01 Å². The third-order valence-corrected chi connectivity index (χ3v) is 4.61. The number of piperidine rings is 1. The minimum Gasteiger partial charge on any atom is -0.319 e. The van der Waals surface area contributed by atoms with Gasteiger partial charge in [-0.1, -0.05) is 48.5 Å². The second-order valence-electron chi connectivity index (χ2n) is 6.23. The monoisotopic (exact) mass is 305 g/mol. The van der Waals surface area contributed by atoms with Crippen molar-refractivity contribution in [3.8, 4) is 6.07 Å². The van der Waals surface area contributed by atoms with Crippen LogP contribution in [0.25, 0.3) is 0 Å². The Labute approximate surface area is 138 Å². The smallest absolute Gasteiger partial charge is 0.0659 e. The third kappa shape index (κ3) is 4.34. The van der Waals surface area contributed by atoms with E-state index in [-0.39, 0.29) is 5.92 Å². The molecule has 1 N–H and O–H groups in total. The largest absolute Gasteiger partial charge is 0.319 e. The van der Waals surface area contributed by atoms with Crippen molar-refractivity contribution in [3.63, 3.8) is 0 Å². The molecule has 0 spiro atoms. The molecule has 2 aromatic carbocycles. The summed E-state index contributed by atoms with van der Waals surface area (Å²) < 4.78 is 0. The topological polar surface area (TPSA) is 39.1 Å². The van der Waals surface area contributed by atoms with Crippen molar-refractivity contribution in [2.24, 2.45) is 11.8 Å². The lowest BCUT2D eigenvalue weighted by atomic mass is 9.83. The molecule has 1 aliphatic heterocycles. The Hall–Kier alpha value is -2.31. The first-order chi connectivity index (χ1) is 11.3. The van der Waals surface area contributed by atoms with Crippen LogP contribution in [-0.2, 0) is 6.42 Å². The van der Waals surface area contributed by atoms with Crippen LogP contribution in [0.15, 0.2) is 60.7 Å². The Bertz CT molecular complexity index is 633. The zero-order valence-corrected chi connectivity index (χ0v) is 13.4. The summed E-state index contributed by atoms with van der Waals surface area (Å²) in [7, 11) is 0. The van der Waals surface area contributed by atoms with Crippen LogP contribution in [0.4, 0.5) is 5.69 Å². The van der Waals surface area contributed by atoms with E-state index in [0.29, 0.717) is 5.92 Å². The predicted octanol–water partition coefficient (Wildman–Crippen LogP) is 4.11. The van der Waals surface area contributed by atoms with E-state index < -0.39 is 0 Å². The number of hydrogen-bond acceptors (Lipinski definition) is 3. The number of nitrogens with one attached hydrogen (secondary N) is 1. The normalized spacial score (nSPS) is 21.5. The van der Waals surface area contributed by atoms with Gasteiger partial charge < -0.3 is 5.43 Å². The molecular weight excluding hydrogens is 282 g/mol. The molecule has 23 heavy (non-hydrogen) atoms. The first-order valence-corrected chi connectivity index (χ1v) is 8.35. The molecule has 1 fully saturated rings. The minimum atomic E-state index is 0.174. The molecule has 0 radical (unpaired) electrons. The number of hydrogen-bond donors (Lipinski definition) is 1. The van der Waals surface area contributed by atoms with Crippen molar-refractivity contribution in [3.05, 3.63) is 66.2 Å². The fourth-order valence-electron chi connectivity index (χ4n) is 3.29. The second kappa shape index (κ2) is 7.80. The van der Waals surface area contributed by atoms with E-state index in [2.05, 4.69) is 52.9 Å². The average Bonchev–Trinajstić information content (AvgIpc) is 2.62. The highest BCUT2D eigenvalue weighted by atomic mass is 15.5. The molecule has 0 aromatic heterocycles. The van der Waals surface area contributed by atoms with Crippen molar-refractivity contribution in [2.75, 3.05) is 18.5 Å². The summed E-state index contributed by atoms with van der Waals surface area (Å²) in [6.45, 7) is 1.86. The van der Waals surface area contributed by atoms with E-state index in [0.717, 1.165) is 38.0 Å². The highest BCUT2D eigenvalue weighted by Crippen LogP contribution is 2.27. The molecule has 1 heterocycles. The maximum absolute atomic E-state index is 9.45. The van der Waals surface area contributed by atoms with Crippen LogP contribution in [0.2, 0.25) is 0 Å². The number of para-hydroxylation sites is 1. The molecule has 0 aliphatic carbocycles. The number of aryl methyl sites for hydroxylation is 1. The van der Waals surface area contributed by atoms with Gasteiger partial charge in [0.15, 0.2) is 0 Å². The van der Waals surface area contributed by atoms with Crippen LogP contribution < -0.4 is 5.43 Å². The first-order valence-electron chi connectivity index (χ1n) is 8.35. The summed E-state index contributed by atoms with van der Waals surface area (Å²) in [5.41, 5.74) is 5.95. The van der Waals surface area contributed by atoms with E-state index in [4.69, 9.17) is 0 Å². The standard InChI is InChI=1S/C20H23N3/c21-15-18-13-14-23(22-20-9-5-2-6-10-20)16-19(18)12-11-17-7-3-1-4-8-17/h1-10,18-19,22H,11-14,16H2. The van der Waals surface area contributed by atoms with Gasteiger partial charge in [0.05, 0.1) is 12.0 Å². The van der Waals surface area contributed by atoms with E-state index in [9.17, 15) is 5.26 Å². The molecule has 3 nitrogen and oxygen atoms in total. The predicted molar refractivity (Wildman–Crippen MR) is 93.6 cm³/mol. The van der Waals surface area contributed by atoms with Gasteiger partial charge in [-0.05, 0) is 42.9 Å². The summed E-state index contributed by atoms with van der Waals surface area (Å²) in [4.78, 5) is 0. The number of rotatable bonds is 5. The van der Waals surface area contributed by atoms with Crippen molar-refractivity contribution in [1.29, 1.82) is 5.26 Å². The number of nitriles is 1. The van der Waals surface area contributed by atoms with Gasteiger partial charge in [0.1, 0.15) is 0 Å². The van der Waals surface area contributed by atoms with E-state index in [1.807, 2.05) is 24.3 Å². The molecule has 3 rings (SSSR count). The molecule has 0 amide bonds. The highest BCUT2D eigenvalue weighted by Gasteiger charge is 2.29. The average molecular weight is 305 g/mol. The molecular formula is C20H23N3. The van der Waals surface area contributed by atoms with Crippen molar-refractivity contribution < 1.29 is 0 Å².